The first-order valence-corrected chi connectivity index (χ1v) is 11.3. The van der Waals surface area contributed by atoms with E-state index in [2.05, 4.69) is 15.3 Å². The van der Waals surface area contributed by atoms with Crippen molar-refractivity contribution in [3.63, 3.8) is 0 Å². The van der Waals surface area contributed by atoms with Crippen LogP contribution in [0.3, 0.4) is 0 Å². The van der Waals surface area contributed by atoms with Gasteiger partial charge in [-0.25, -0.2) is 13.5 Å². The molecule has 13 heteroatoms. The minimum absolute atomic E-state index is 0.116. The van der Waals surface area contributed by atoms with Gasteiger partial charge in [-0.2, -0.15) is 0 Å². The van der Waals surface area contributed by atoms with Gasteiger partial charge in [0.15, 0.2) is 0 Å². The fourth-order valence-electron chi connectivity index (χ4n) is 3.56. The van der Waals surface area contributed by atoms with Crippen LogP contribution in [-0.4, -0.2) is 67.7 Å². The average Bonchev–Trinajstić information content (AvgIpc) is 3.27. The molecule has 8 nitrogen and oxygen atoms in total. The van der Waals surface area contributed by atoms with E-state index in [1.807, 2.05) is 0 Å². The van der Waals surface area contributed by atoms with E-state index < -0.39 is 53.1 Å². The number of benzene rings is 1. The van der Waals surface area contributed by atoms with Gasteiger partial charge in [-0.3, -0.25) is 4.98 Å². The highest BCUT2D eigenvalue weighted by molar-refractivity contribution is 7.99. The van der Waals surface area contributed by atoms with Gasteiger partial charge in [0.2, 0.25) is 0 Å². The van der Waals surface area contributed by atoms with Crippen LogP contribution in [0, 0.1) is 11.6 Å². The Kier molecular flexibility index (Phi) is 7.49. The van der Waals surface area contributed by atoms with Gasteiger partial charge in [-0.05, 0) is 18.2 Å². The summed E-state index contributed by atoms with van der Waals surface area (Å²) in [6.45, 7) is -0.464. The van der Waals surface area contributed by atoms with E-state index in [9.17, 15) is 19.0 Å². The molecule has 0 amide bonds. The number of nitrogens with zero attached hydrogens (tertiary/aromatic N) is 4. The number of thioether (sulfide) groups is 1. The van der Waals surface area contributed by atoms with Gasteiger partial charge in [-0.15, -0.1) is 5.10 Å². The van der Waals surface area contributed by atoms with Crippen molar-refractivity contribution >= 4 is 35.0 Å². The number of aromatic nitrogens is 4. The summed E-state index contributed by atoms with van der Waals surface area (Å²) in [6, 6.07) is 2.93. The average molecular weight is 519 g/mol. The van der Waals surface area contributed by atoms with Crippen LogP contribution in [0.15, 0.2) is 41.7 Å². The molecule has 33 heavy (non-hydrogen) atoms. The Morgan fingerprint density at radius 3 is 2.58 bits per heavy atom. The number of aliphatic hydroxyl groups excluding tert-OH is 2. The standard InChI is InChI=1S/C20H18Cl2F2N4O4S/c1-31-19-17(28-7-14(26-27-28)9-2-12(23)16(22)13(24)3-9)18(30)15(8-29)32-20(19)33-11-4-10(21)5-25-6-11/h2-7,15,17-20,29-30H,8H2,1H3/t15-,17+,18+,19-,20-/m1/s1. The zero-order valence-corrected chi connectivity index (χ0v) is 19.3. The predicted octanol–water partition coefficient (Wildman–Crippen LogP) is 3.35. The zero-order valence-electron chi connectivity index (χ0n) is 17.0. The van der Waals surface area contributed by atoms with Crippen molar-refractivity contribution in [3.05, 3.63) is 58.5 Å². The zero-order chi connectivity index (χ0) is 23.7. The highest BCUT2D eigenvalue weighted by Gasteiger charge is 2.47. The molecule has 0 saturated carbocycles. The molecule has 0 spiro atoms. The lowest BCUT2D eigenvalue weighted by atomic mass is 9.97. The summed E-state index contributed by atoms with van der Waals surface area (Å²) in [5, 5.41) is 28.5. The van der Waals surface area contributed by atoms with E-state index in [1.54, 1.807) is 12.3 Å². The van der Waals surface area contributed by atoms with Crippen molar-refractivity contribution in [1.82, 2.24) is 20.0 Å². The second-order valence-corrected chi connectivity index (χ2v) is 9.19. The highest BCUT2D eigenvalue weighted by atomic mass is 35.5. The SMILES string of the molecule is CO[C@@H]1[C@@H](n2cc(-c3cc(F)c(Cl)c(F)c3)nn2)[C@@H](O)[C@@H](CO)O[C@@H]1Sc1cncc(Cl)c1. The lowest BCUT2D eigenvalue weighted by Crippen LogP contribution is -2.55. The fourth-order valence-corrected chi connectivity index (χ4v) is 5.10. The van der Waals surface area contributed by atoms with Crippen LogP contribution in [0.2, 0.25) is 10.0 Å². The molecule has 5 atom stereocenters. The summed E-state index contributed by atoms with van der Waals surface area (Å²) in [4.78, 5) is 4.73. The Hall–Kier alpha value is -1.86. The van der Waals surface area contributed by atoms with Crippen molar-refractivity contribution in [1.29, 1.82) is 0 Å². The molecule has 0 unspecified atom stereocenters. The summed E-state index contributed by atoms with van der Waals surface area (Å²) in [7, 11) is 1.44. The number of rotatable bonds is 6. The van der Waals surface area contributed by atoms with Crippen molar-refractivity contribution in [2.24, 2.45) is 0 Å². The number of aliphatic hydroxyl groups is 2. The van der Waals surface area contributed by atoms with Crippen molar-refractivity contribution < 1.29 is 28.5 Å². The third-order valence-electron chi connectivity index (χ3n) is 5.12. The van der Waals surface area contributed by atoms with Gasteiger partial charge in [0, 0.05) is 30.0 Å². The Morgan fingerprint density at radius 1 is 1.21 bits per heavy atom. The molecule has 1 saturated heterocycles. The first-order valence-electron chi connectivity index (χ1n) is 9.63. The molecular formula is C20H18Cl2F2N4O4S. The van der Waals surface area contributed by atoms with Gasteiger partial charge in [0.25, 0.3) is 0 Å². The fraction of sp³-hybridized carbons (Fsp3) is 0.350. The maximum absolute atomic E-state index is 13.9. The van der Waals surface area contributed by atoms with E-state index in [-0.39, 0.29) is 11.3 Å². The van der Waals surface area contributed by atoms with Gasteiger partial charge in [-0.1, -0.05) is 40.2 Å². The molecule has 1 fully saturated rings. The molecule has 0 aliphatic carbocycles. The predicted molar refractivity (Wildman–Crippen MR) is 117 cm³/mol. The Bertz CT molecular complexity index is 1120. The number of hydrogen-bond acceptors (Lipinski definition) is 8. The second-order valence-electron chi connectivity index (χ2n) is 7.20. The van der Waals surface area contributed by atoms with E-state index in [4.69, 9.17) is 32.7 Å². The second kappa shape index (κ2) is 10.2. The van der Waals surface area contributed by atoms with Crippen molar-refractivity contribution in [3.8, 4) is 11.3 Å². The quantitative estimate of drug-likeness (QED) is 0.479. The largest absolute Gasteiger partial charge is 0.394 e. The number of ether oxygens (including phenoxy) is 2. The first kappa shape index (κ1) is 24.3. The molecule has 1 aliphatic rings. The topological polar surface area (TPSA) is 103 Å². The van der Waals surface area contributed by atoms with E-state index >= 15 is 0 Å². The summed E-state index contributed by atoms with van der Waals surface area (Å²) < 4.78 is 40.6. The van der Waals surface area contributed by atoms with Crippen LogP contribution in [0.4, 0.5) is 8.78 Å². The van der Waals surface area contributed by atoms with Gasteiger partial charge in [0.1, 0.15) is 52.1 Å². The van der Waals surface area contributed by atoms with Crippen LogP contribution in [0.1, 0.15) is 6.04 Å². The number of hydrogen-bond donors (Lipinski definition) is 2. The summed E-state index contributed by atoms with van der Waals surface area (Å²) in [5.41, 5.74) is -0.411. The van der Waals surface area contributed by atoms with E-state index in [0.717, 1.165) is 12.1 Å². The summed E-state index contributed by atoms with van der Waals surface area (Å²) in [6.07, 6.45) is 1.58. The number of pyridine rings is 1. The summed E-state index contributed by atoms with van der Waals surface area (Å²) in [5.74, 6) is -1.87. The number of methoxy groups -OCH3 is 1. The Balaban J connectivity index is 1.67. The molecule has 2 aromatic heterocycles. The molecule has 1 aromatic carbocycles. The Labute approximate surface area is 201 Å². The van der Waals surface area contributed by atoms with Gasteiger partial charge in [0.05, 0.1) is 17.8 Å². The van der Waals surface area contributed by atoms with Crippen LogP contribution in [0.5, 0.6) is 0 Å². The summed E-state index contributed by atoms with van der Waals surface area (Å²) >= 11 is 12.8. The van der Waals surface area contributed by atoms with E-state index in [0.29, 0.717) is 9.92 Å². The maximum Gasteiger partial charge on any atom is 0.145 e. The molecule has 0 bridgehead atoms. The lowest BCUT2D eigenvalue weighted by molar-refractivity contribution is -0.186. The van der Waals surface area contributed by atoms with Crippen LogP contribution >= 0.6 is 35.0 Å². The minimum Gasteiger partial charge on any atom is -0.394 e. The molecule has 1 aliphatic heterocycles. The highest BCUT2D eigenvalue weighted by Crippen LogP contribution is 2.40. The van der Waals surface area contributed by atoms with E-state index in [1.165, 1.54) is 35.9 Å². The normalized spacial score (nSPS) is 25.4. The van der Waals surface area contributed by atoms with Crippen LogP contribution in [-0.2, 0) is 9.47 Å². The minimum atomic E-state index is -1.22. The molecule has 3 heterocycles. The van der Waals surface area contributed by atoms with Crippen molar-refractivity contribution in [2.45, 2.75) is 34.7 Å². The lowest BCUT2D eigenvalue weighted by Gasteiger charge is -2.43. The van der Waals surface area contributed by atoms with Crippen molar-refractivity contribution in [2.75, 3.05) is 13.7 Å². The molecule has 4 rings (SSSR count). The molecular weight excluding hydrogens is 501 g/mol. The maximum atomic E-state index is 13.9. The smallest absolute Gasteiger partial charge is 0.145 e. The molecule has 3 aromatic rings. The monoisotopic (exact) mass is 518 g/mol. The number of halogens is 4. The van der Waals surface area contributed by atoms with Gasteiger partial charge >= 0.3 is 0 Å². The Morgan fingerprint density at radius 2 is 1.94 bits per heavy atom. The van der Waals surface area contributed by atoms with Gasteiger partial charge < -0.3 is 19.7 Å². The third kappa shape index (κ3) is 4.99. The molecule has 176 valence electrons. The first-order chi connectivity index (χ1) is 15.8. The third-order valence-corrected chi connectivity index (χ3v) is 6.80. The van der Waals surface area contributed by atoms with Crippen LogP contribution < -0.4 is 0 Å². The van der Waals surface area contributed by atoms with Crippen LogP contribution in [0.25, 0.3) is 11.3 Å². The molecule has 2 N–H and O–H groups in total. The molecule has 0 radical (unpaired) electrons.